The number of carbonyl (C=O) groups excluding carboxylic acids is 2. The van der Waals surface area contributed by atoms with Crippen LogP contribution in [-0.4, -0.2) is 43.1 Å². The first-order chi connectivity index (χ1) is 12.5. The van der Waals surface area contributed by atoms with Crippen LogP contribution in [0.5, 0.6) is 5.75 Å². The summed E-state index contributed by atoms with van der Waals surface area (Å²) in [6.45, 7) is 2.46. The van der Waals surface area contributed by atoms with Gasteiger partial charge in [0.15, 0.2) is 6.61 Å². The number of halogens is 1. The summed E-state index contributed by atoms with van der Waals surface area (Å²) < 4.78 is 5.41. The summed E-state index contributed by atoms with van der Waals surface area (Å²) in [5.41, 5.74) is 0. The normalized spacial score (nSPS) is 22.8. The molecule has 2 saturated carbocycles. The maximum atomic E-state index is 11.9. The van der Waals surface area contributed by atoms with Crippen LogP contribution in [0, 0.1) is 5.92 Å². The first-order valence-corrected chi connectivity index (χ1v) is 9.58. The van der Waals surface area contributed by atoms with Crippen LogP contribution >= 0.6 is 11.6 Å². The highest BCUT2D eigenvalue weighted by Gasteiger charge is 2.32. The molecule has 0 aromatic heterocycles. The zero-order chi connectivity index (χ0) is 18.5. The van der Waals surface area contributed by atoms with Gasteiger partial charge in [-0.05, 0) is 62.8 Å². The highest BCUT2D eigenvalue weighted by atomic mass is 35.5. The summed E-state index contributed by atoms with van der Waals surface area (Å²) in [6.07, 6.45) is 4.05. The lowest BCUT2D eigenvalue weighted by Gasteiger charge is -2.36. The van der Waals surface area contributed by atoms with Gasteiger partial charge in [0.2, 0.25) is 5.91 Å². The van der Waals surface area contributed by atoms with Crippen molar-refractivity contribution in [1.29, 1.82) is 0 Å². The molecule has 2 amide bonds. The van der Waals surface area contributed by atoms with E-state index in [1.54, 1.807) is 24.3 Å². The van der Waals surface area contributed by atoms with E-state index in [1.807, 2.05) is 0 Å². The van der Waals surface area contributed by atoms with Crippen molar-refractivity contribution in [3.8, 4) is 5.75 Å². The van der Waals surface area contributed by atoms with Crippen molar-refractivity contribution in [2.75, 3.05) is 13.2 Å². The van der Waals surface area contributed by atoms with Gasteiger partial charge in [-0.25, -0.2) is 0 Å². The van der Waals surface area contributed by atoms with Crippen LogP contribution in [0.15, 0.2) is 24.3 Å². The van der Waals surface area contributed by atoms with E-state index in [0.717, 1.165) is 18.8 Å². The highest BCUT2D eigenvalue weighted by Crippen LogP contribution is 2.32. The number of nitrogens with one attached hydrogen (secondary N) is 3. The molecule has 26 heavy (non-hydrogen) atoms. The Morgan fingerprint density at radius 2 is 1.73 bits per heavy atom. The Morgan fingerprint density at radius 3 is 2.35 bits per heavy atom. The van der Waals surface area contributed by atoms with E-state index in [0.29, 0.717) is 23.4 Å². The standard InChI is InChI=1S/C19H26ClN3O3/c1-12(13-2-3-13)21-10-18(24)22-15-8-16(9-15)23-19(25)11-26-17-6-4-14(20)5-7-17/h4-7,12-13,15-16,21H,2-3,8-11H2,1H3,(H,22,24)(H,23,25)/t12-,15?,16?/m1/s1. The van der Waals surface area contributed by atoms with Gasteiger partial charge in [-0.3, -0.25) is 9.59 Å². The van der Waals surface area contributed by atoms with Crippen LogP contribution in [0.3, 0.4) is 0 Å². The molecule has 1 aromatic carbocycles. The number of amides is 2. The molecule has 0 heterocycles. The molecule has 2 aliphatic carbocycles. The SMILES string of the molecule is C[C@@H](NCC(=O)NC1CC(NC(=O)COc2ccc(Cl)cc2)C1)C1CC1. The van der Waals surface area contributed by atoms with Crippen molar-refractivity contribution in [2.45, 2.75) is 50.7 Å². The molecule has 1 atom stereocenters. The number of benzene rings is 1. The molecule has 142 valence electrons. The van der Waals surface area contributed by atoms with Crippen LogP contribution in [0.2, 0.25) is 5.02 Å². The lowest BCUT2D eigenvalue weighted by atomic mass is 9.86. The maximum absolute atomic E-state index is 11.9. The van der Waals surface area contributed by atoms with Gasteiger partial charge in [0.1, 0.15) is 5.75 Å². The zero-order valence-electron chi connectivity index (χ0n) is 15.0. The quantitative estimate of drug-likeness (QED) is 0.612. The number of hydrogen-bond donors (Lipinski definition) is 3. The van der Waals surface area contributed by atoms with Gasteiger partial charge >= 0.3 is 0 Å². The van der Waals surface area contributed by atoms with Crippen LogP contribution in [0.25, 0.3) is 0 Å². The Labute approximate surface area is 159 Å². The third kappa shape index (κ3) is 5.88. The zero-order valence-corrected chi connectivity index (χ0v) is 15.7. The number of hydrogen-bond acceptors (Lipinski definition) is 4. The molecule has 3 rings (SSSR count). The molecule has 2 aliphatic rings. The van der Waals surface area contributed by atoms with Crippen LogP contribution in [-0.2, 0) is 9.59 Å². The van der Waals surface area contributed by atoms with Crippen molar-refractivity contribution in [1.82, 2.24) is 16.0 Å². The van der Waals surface area contributed by atoms with Gasteiger partial charge in [-0.2, -0.15) is 0 Å². The van der Waals surface area contributed by atoms with Crippen LogP contribution in [0.4, 0.5) is 0 Å². The summed E-state index contributed by atoms with van der Waals surface area (Å²) >= 11 is 5.80. The molecular weight excluding hydrogens is 354 g/mol. The number of ether oxygens (including phenoxy) is 1. The Kier molecular flexibility index (Phi) is 6.38. The highest BCUT2D eigenvalue weighted by molar-refractivity contribution is 6.30. The molecule has 0 bridgehead atoms. The molecule has 0 unspecified atom stereocenters. The molecular formula is C19H26ClN3O3. The second-order valence-electron chi connectivity index (χ2n) is 7.25. The molecule has 6 nitrogen and oxygen atoms in total. The summed E-state index contributed by atoms with van der Waals surface area (Å²) in [6, 6.07) is 7.53. The van der Waals surface area contributed by atoms with Gasteiger partial charge in [0.25, 0.3) is 5.91 Å². The van der Waals surface area contributed by atoms with Crippen molar-refractivity contribution in [3.63, 3.8) is 0 Å². The fourth-order valence-electron chi connectivity index (χ4n) is 3.10. The average Bonchev–Trinajstić information content (AvgIpc) is 3.42. The topological polar surface area (TPSA) is 79.5 Å². The summed E-state index contributed by atoms with van der Waals surface area (Å²) in [5.74, 6) is 1.21. The van der Waals surface area contributed by atoms with E-state index in [2.05, 4.69) is 22.9 Å². The predicted octanol–water partition coefficient (Wildman–Crippen LogP) is 1.87. The molecule has 0 spiro atoms. The van der Waals surface area contributed by atoms with Gasteiger partial charge in [-0.15, -0.1) is 0 Å². The fraction of sp³-hybridized carbons (Fsp3) is 0.579. The minimum absolute atomic E-state index is 0.0262. The minimum atomic E-state index is -0.158. The van der Waals surface area contributed by atoms with Gasteiger partial charge in [0, 0.05) is 23.1 Å². The van der Waals surface area contributed by atoms with Crippen molar-refractivity contribution in [2.24, 2.45) is 5.92 Å². The molecule has 0 aliphatic heterocycles. The van der Waals surface area contributed by atoms with Gasteiger partial charge in [-0.1, -0.05) is 11.6 Å². The Bertz CT molecular complexity index is 627. The molecule has 7 heteroatoms. The van der Waals surface area contributed by atoms with E-state index in [-0.39, 0.29) is 30.5 Å². The summed E-state index contributed by atoms with van der Waals surface area (Å²) in [5, 5.41) is 9.82. The second-order valence-corrected chi connectivity index (χ2v) is 7.69. The third-order valence-corrected chi connectivity index (χ3v) is 5.22. The van der Waals surface area contributed by atoms with Crippen LogP contribution < -0.4 is 20.7 Å². The van der Waals surface area contributed by atoms with Gasteiger partial charge in [0.05, 0.1) is 6.54 Å². The monoisotopic (exact) mass is 379 g/mol. The first-order valence-electron chi connectivity index (χ1n) is 9.20. The van der Waals surface area contributed by atoms with E-state index >= 15 is 0 Å². The van der Waals surface area contributed by atoms with Crippen molar-refractivity contribution < 1.29 is 14.3 Å². The average molecular weight is 380 g/mol. The largest absolute Gasteiger partial charge is 0.484 e. The van der Waals surface area contributed by atoms with E-state index in [9.17, 15) is 9.59 Å². The summed E-state index contributed by atoms with van der Waals surface area (Å²) in [7, 11) is 0. The maximum Gasteiger partial charge on any atom is 0.258 e. The first kappa shape index (κ1) is 19.0. The second kappa shape index (κ2) is 8.73. The van der Waals surface area contributed by atoms with Crippen molar-refractivity contribution >= 4 is 23.4 Å². The Hall–Kier alpha value is -1.79. The molecule has 0 radical (unpaired) electrons. The van der Waals surface area contributed by atoms with Crippen molar-refractivity contribution in [3.05, 3.63) is 29.3 Å². The minimum Gasteiger partial charge on any atom is -0.484 e. The smallest absolute Gasteiger partial charge is 0.258 e. The molecule has 0 saturated heterocycles. The van der Waals surface area contributed by atoms with Crippen LogP contribution in [0.1, 0.15) is 32.6 Å². The number of carbonyl (C=O) groups is 2. The summed E-state index contributed by atoms with van der Waals surface area (Å²) in [4.78, 5) is 23.8. The lowest BCUT2D eigenvalue weighted by molar-refractivity contribution is -0.124. The lowest BCUT2D eigenvalue weighted by Crippen LogP contribution is -2.55. The van der Waals surface area contributed by atoms with E-state index < -0.39 is 0 Å². The van der Waals surface area contributed by atoms with Gasteiger partial charge < -0.3 is 20.7 Å². The molecule has 3 N–H and O–H groups in total. The van der Waals surface area contributed by atoms with E-state index in [1.165, 1.54) is 12.8 Å². The van der Waals surface area contributed by atoms with E-state index in [4.69, 9.17) is 16.3 Å². The number of rotatable bonds is 9. The molecule has 2 fully saturated rings. The Balaban J connectivity index is 1.25. The predicted molar refractivity (Wildman–Crippen MR) is 100 cm³/mol. The fourth-order valence-corrected chi connectivity index (χ4v) is 3.22. The Morgan fingerprint density at radius 1 is 1.12 bits per heavy atom. The molecule has 1 aromatic rings. The third-order valence-electron chi connectivity index (χ3n) is 4.97.